The maximum atomic E-state index is 13.4. The Labute approximate surface area is 179 Å². The van der Waals surface area contributed by atoms with E-state index in [1.54, 1.807) is 36.4 Å². The van der Waals surface area contributed by atoms with E-state index < -0.39 is 11.5 Å². The first-order valence-electron chi connectivity index (χ1n) is 9.41. The van der Waals surface area contributed by atoms with Gasteiger partial charge in [0.15, 0.2) is 0 Å². The number of aromatic amines is 2. The SMILES string of the molecule is O=C(Nc1ccc(-c2nc3ccc(F)cc3[nH]2)cc1)c1ccc(-c2cccs2)[nH]c1=O. The lowest BCUT2D eigenvalue weighted by molar-refractivity contribution is 0.102. The van der Waals surface area contributed by atoms with Gasteiger partial charge in [-0.05, 0) is 66.0 Å². The number of hydrogen-bond donors (Lipinski definition) is 3. The van der Waals surface area contributed by atoms with Gasteiger partial charge in [-0.25, -0.2) is 9.37 Å². The van der Waals surface area contributed by atoms with Gasteiger partial charge >= 0.3 is 0 Å². The lowest BCUT2D eigenvalue weighted by atomic mass is 10.2. The van der Waals surface area contributed by atoms with Crippen molar-refractivity contribution in [3.8, 4) is 22.0 Å². The predicted molar refractivity (Wildman–Crippen MR) is 120 cm³/mol. The van der Waals surface area contributed by atoms with Crippen molar-refractivity contribution in [2.24, 2.45) is 0 Å². The number of halogens is 1. The first kappa shape index (κ1) is 19.0. The second-order valence-corrected chi connectivity index (χ2v) is 7.82. The van der Waals surface area contributed by atoms with Crippen molar-refractivity contribution in [1.82, 2.24) is 15.0 Å². The number of nitrogens with one attached hydrogen (secondary N) is 3. The predicted octanol–water partition coefficient (Wildman–Crippen LogP) is 5.04. The molecule has 1 amide bonds. The van der Waals surface area contributed by atoms with Gasteiger partial charge in [0.1, 0.15) is 17.2 Å². The summed E-state index contributed by atoms with van der Waals surface area (Å²) in [5, 5.41) is 4.65. The molecule has 2 aromatic carbocycles. The van der Waals surface area contributed by atoms with Gasteiger partial charge in [0, 0.05) is 11.3 Å². The molecular weight excluding hydrogens is 415 g/mol. The lowest BCUT2D eigenvalue weighted by Crippen LogP contribution is -2.23. The summed E-state index contributed by atoms with van der Waals surface area (Å²) in [6, 6.07) is 18.4. The monoisotopic (exact) mass is 430 g/mol. The van der Waals surface area contributed by atoms with Gasteiger partial charge in [-0.15, -0.1) is 11.3 Å². The number of carbonyl (C=O) groups excluding carboxylic acids is 1. The van der Waals surface area contributed by atoms with Crippen LogP contribution in [0.3, 0.4) is 0 Å². The van der Waals surface area contributed by atoms with Crippen molar-refractivity contribution in [2.45, 2.75) is 0 Å². The molecule has 0 saturated heterocycles. The molecule has 0 bridgehead atoms. The number of fused-ring (bicyclic) bond motifs is 1. The minimum absolute atomic E-state index is 0.0312. The molecule has 0 spiro atoms. The number of imidazole rings is 1. The van der Waals surface area contributed by atoms with Crippen molar-refractivity contribution in [2.75, 3.05) is 5.32 Å². The molecule has 8 heteroatoms. The summed E-state index contributed by atoms with van der Waals surface area (Å²) in [6.45, 7) is 0. The Morgan fingerprint density at radius 3 is 2.58 bits per heavy atom. The van der Waals surface area contributed by atoms with Crippen LogP contribution in [0.2, 0.25) is 0 Å². The van der Waals surface area contributed by atoms with Crippen molar-refractivity contribution >= 4 is 34.0 Å². The number of aromatic nitrogens is 3. The van der Waals surface area contributed by atoms with E-state index in [0.717, 1.165) is 10.4 Å². The van der Waals surface area contributed by atoms with Crippen LogP contribution in [-0.2, 0) is 0 Å². The molecule has 3 aromatic heterocycles. The zero-order valence-electron chi connectivity index (χ0n) is 16.0. The molecule has 0 aliphatic carbocycles. The zero-order valence-corrected chi connectivity index (χ0v) is 16.8. The summed E-state index contributed by atoms with van der Waals surface area (Å²) in [5.74, 6) is -0.232. The standard InChI is InChI=1S/C23H15FN4O2S/c24-14-5-9-17-19(12-14)27-21(26-17)13-3-6-15(7-4-13)25-22(29)16-8-10-18(28-23(16)30)20-2-1-11-31-20/h1-12H,(H,25,29)(H,26,27)(H,28,30). The minimum atomic E-state index is -0.494. The van der Waals surface area contributed by atoms with E-state index in [9.17, 15) is 14.0 Å². The van der Waals surface area contributed by atoms with E-state index in [-0.39, 0.29) is 11.4 Å². The van der Waals surface area contributed by atoms with Crippen molar-refractivity contribution < 1.29 is 9.18 Å². The van der Waals surface area contributed by atoms with Gasteiger partial charge < -0.3 is 15.3 Å². The lowest BCUT2D eigenvalue weighted by Gasteiger charge is -2.06. The third-order valence-electron chi connectivity index (χ3n) is 4.80. The van der Waals surface area contributed by atoms with E-state index in [1.165, 1.54) is 29.5 Å². The van der Waals surface area contributed by atoms with Crippen LogP contribution < -0.4 is 10.9 Å². The number of H-pyrrole nitrogens is 2. The molecule has 5 aromatic rings. The van der Waals surface area contributed by atoms with E-state index in [2.05, 4.69) is 20.3 Å². The fourth-order valence-electron chi connectivity index (χ4n) is 3.26. The summed E-state index contributed by atoms with van der Waals surface area (Å²) >= 11 is 1.51. The maximum Gasteiger partial charge on any atom is 0.261 e. The number of anilines is 1. The second-order valence-electron chi connectivity index (χ2n) is 6.87. The molecule has 0 saturated carbocycles. The van der Waals surface area contributed by atoms with Gasteiger partial charge in [-0.2, -0.15) is 0 Å². The Balaban J connectivity index is 1.34. The zero-order chi connectivity index (χ0) is 21.4. The number of pyridine rings is 1. The number of carbonyl (C=O) groups is 1. The highest BCUT2D eigenvalue weighted by molar-refractivity contribution is 7.13. The summed E-state index contributed by atoms with van der Waals surface area (Å²) in [4.78, 5) is 36.1. The Bertz CT molecular complexity index is 1450. The summed E-state index contributed by atoms with van der Waals surface area (Å²) in [6.07, 6.45) is 0. The van der Waals surface area contributed by atoms with Crippen LogP contribution in [0, 0.1) is 5.82 Å². The number of nitrogens with zero attached hydrogens (tertiary/aromatic N) is 1. The quantitative estimate of drug-likeness (QED) is 0.373. The van der Waals surface area contributed by atoms with Gasteiger partial charge in [0.25, 0.3) is 11.5 Å². The van der Waals surface area contributed by atoms with Crippen LogP contribution in [0.1, 0.15) is 10.4 Å². The minimum Gasteiger partial charge on any atom is -0.338 e. The average molecular weight is 430 g/mol. The van der Waals surface area contributed by atoms with Gasteiger partial charge in [0.05, 0.1) is 21.6 Å². The number of benzene rings is 2. The Morgan fingerprint density at radius 2 is 1.84 bits per heavy atom. The first-order chi connectivity index (χ1) is 15.1. The smallest absolute Gasteiger partial charge is 0.261 e. The maximum absolute atomic E-state index is 13.4. The molecule has 6 nitrogen and oxygen atoms in total. The number of rotatable bonds is 4. The van der Waals surface area contributed by atoms with Crippen LogP contribution in [0.4, 0.5) is 10.1 Å². The van der Waals surface area contributed by atoms with E-state index >= 15 is 0 Å². The number of hydrogen-bond acceptors (Lipinski definition) is 4. The van der Waals surface area contributed by atoms with E-state index in [4.69, 9.17) is 0 Å². The highest BCUT2D eigenvalue weighted by atomic mass is 32.1. The fraction of sp³-hybridized carbons (Fsp3) is 0. The van der Waals surface area contributed by atoms with Crippen molar-refractivity contribution in [3.63, 3.8) is 0 Å². The summed E-state index contributed by atoms with van der Waals surface area (Å²) < 4.78 is 13.4. The Kier molecular flexibility index (Phi) is 4.68. The first-order valence-corrected chi connectivity index (χ1v) is 10.3. The van der Waals surface area contributed by atoms with Gasteiger partial charge in [-0.1, -0.05) is 6.07 Å². The van der Waals surface area contributed by atoms with Crippen molar-refractivity contribution in [3.05, 3.63) is 93.8 Å². The highest BCUT2D eigenvalue weighted by Crippen LogP contribution is 2.23. The highest BCUT2D eigenvalue weighted by Gasteiger charge is 2.13. The summed E-state index contributed by atoms with van der Waals surface area (Å²) in [7, 11) is 0. The van der Waals surface area contributed by atoms with E-state index in [1.807, 2.05) is 17.5 Å². The van der Waals surface area contributed by atoms with Crippen LogP contribution in [-0.4, -0.2) is 20.9 Å². The number of amides is 1. The topological polar surface area (TPSA) is 90.6 Å². The average Bonchev–Trinajstić information content (AvgIpc) is 3.44. The third-order valence-corrected chi connectivity index (χ3v) is 5.70. The molecule has 152 valence electrons. The normalized spacial score (nSPS) is 11.0. The number of thiophene rings is 1. The summed E-state index contributed by atoms with van der Waals surface area (Å²) in [5.41, 5.74) is 2.85. The van der Waals surface area contributed by atoms with Crippen LogP contribution in [0.5, 0.6) is 0 Å². The molecule has 0 unspecified atom stereocenters. The Morgan fingerprint density at radius 1 is 1.00 bits per heavy atom. The molecule has 0 aliphatic heterocycles. The molecule has 0 fully saturated rings. The molecular formula is C23H15FN4O2S. The molecule has 0 radical (unpaired) electrons. The van der Waals surface area contributed by atoms with Gasteiger partial charge in [0.2, 0.25) is 0 Å². The molecule has 3 heterocycles. The van der Waals surface area contributed by atoms with E-state index in [0.29, 0.717) is 28.2 Å². The van der Waals surface area contributed by atoms with Crippen LogP contribution in [0.25, 0.3) is 33.0 Å². The molecule has 0 atom stereocenters. The third kappa shape index (κ3) is 3.76. The molecule has 0 aliphatic rings. The molecule has 3 N–H and O–H groups in total. The largest absolute Gasteiger partial charge is 0.338 e. The Hall–Kier alpha value is -4.04. The van der Waals surface area contributed by atoms with Crippen LogP contribution >= 0.6 is 11.3 Å². The fourth-order valence-corrected chi connectivity index (χ4v) is 3.96. The second kappa shape index (κ2) is 7.66. The van der Waals surface area contributed by atoms with Crippen LogP contribution in [0.15, 0.2) is 76.9 Å². The van der Waals surface area contributed by atoms with Crippen molar-refractivity contribution in [1.29, 1.82) is 0 Å². The molecule has 5 rings (SSSR count). The van der Waals surface area contributed by atoms with Gasteiger partial charge in [-0.3, -0.25) is 9.59 Å². The molecule has 31 heavy (non-hydrogen) atoms.